The number of hydrogen-bond donors (Lipinski definition) is 1. The Hall–Kier alpha value is -2.32. The number of rotatable bonds is 2. The third kappa shape index (κ3) is 1.19. The van der Waals surface area contributed by atoms with Gasteiger partial charge in [0, 0.05) is 5.92 Å². The summed E-state index contributed by atoms with van der Waals surface area (Å²) in [6.07, 6.45) is 2.35. The maximum Gasteiger partial charge on any atom is 0.211 e. The Balaban J connectivity index is 2.82. The highest BCUT2D eigenvalue weighted by Gasteiger charge is 2.73. The van der Waals surface area contributed by atoms with Crippen LogP contribution in [-0.4, -0.2) is 12.0 Å². The molecule has 0 spiro atoms. The smallest absolute Gasteiger partial charge is 0.211 e. The summed E-state index contributed by atoms with van der Waals surface area (Å²) in [5.41, 5.74) is -2.25. The summed E-state index contributed by atoms with van der Waals surface area (Å²) in [5, 5.41) is 36.7. The van der Waals surface area contributed by atoms with Crippen molar-refractivity contribution in [1.82, 2.24) is 0 Å². The van der Waals surface area contributed by atoms with E-state index >= 15 is 0 Å². The van der Waals surface area contributed by atoms with Crippen molar-refractivity contribution in [2.24, 2.45) is 16.7 Å². The van der Waals surface area contributed by atoms with Gasteiger partial charge in [0.15, 0.2) is 11.5 Å². The summed E-state index contributed by atoms with van der Waals surface area (Å²) < 4.78 is 5.46. The fourth-order valence-corrected chi connectivity index (χ4v) is 3.24. The molecule has 0 aromatic rings. The van der Waals surface area contributed by atoms with Crippen LogP contribution < -0.4 is 0 Å². The van der Waals surface area contributed by atoms with Gasteiger partial charge in [-0.2, -0.15) is 15.8 Å². The molecule has 1 saturated heterocycles. The highest BCUT2D eigenvalue weighted by Crippen LogP contribution is 2.60. The van der Waals surface area contributed by atoms with Crippen LogP contribution in [0.15, 0.2) is 11.6 Å². The molecule has 2 aliphatic rings. The van der Waals surface area contributed by atoms with E-state index in [0.717, 1.165) is 5.57 Å². The molecule has 96 valence electrons. The molecule has 0 amide bonds. The van der Waals surface area contributed by atoms with Gasteiger partial charge >= 0.3 is 0 Å². The number of nitriles is 3. The first-order valence-electron chi connectivity index (χ1n) is 6.27. The van der Waals surface area contributed by atoms with E-state index in [1.807, 2.05) is 32.1 Å². The van der Waals surface area contributed by atoms with E-state index in [1.54, 1.807) is 0 Å². The largest absolute Gasteiger partial charge is 0.469 e. The standard InChI is InChI=1S/C14H14N4O/c1-3-9-5-10(4-2)14(8-17)12(18)19-11(9)13(14,6-15)7-16/h5,10-11,18H,3-4H2,1-2H3. The van der Waals surface area contributed by atoms with Gasteiger partial charge < -0.3 is 4.74 Å². The van der Waals surface area contributed by atoms with Gasteiger partial charge in [-0.25, -0.2) is 0 Å². The molecular weight excluding hydrogens is 240 g/mol. The van der Waals surface area contributed by atoms with Crippen molar-refractivity contribution in [2.75, 3.05) is 0 Å². The van der Waals surface area contributed by atoms with Crippen molar-refractivity contribution >= 4 is 5.90 Å². The maximum absolute atomic E-state index is 9.59. The molecule has 0 saturated carbocycles. The Morgan fingerprint density at radius 1 is 1.26 bits per heavy atom. The van der Waals surface area contributed by atoms with Crippen LogP contribution in [0.5, 0.6) is 0 Å². The van der Waals surface area contributed by atoms with Crippen molar-refractivity contribution in [2.45, 2.75) is 32.8 Å². The van der Waals surface area contributed by atoms with Crippen LogP contribution in [0.25, 0.3) is 0 Å². The van der Waals surface area contributed by atoms with Crippen LogP contribution in [0.4, 0.5) is 0 Å². The van der Waals surface area contributed by atoms with Crippen LogP contribution in [0, 0.1) is 56.2 Å². The highest BCUT2D eigenvalue weighted by molar-refractivity contribution is 5.90. The molecule has 1 N–H and O–H groups in total. The lowest BCUT2D eigenvalue weighted by molar-refractivity contribution is 0.147. The minimum Gasteiger partial charge on any atom is -0.469 e. The second-order valence-electron chi connectivity index (χ2n) is 4.89. The first-order chi connectivity index (χ1) is 9.07. The molecule has 1 heterocycles. The van der Waals surface area contributed by atoms with Gasteiger partial charge in [0.25, 0.3) is 0 Å². The maximum atomic E-state index is 9.59. The molecule has 1 aliphatic carbocycles. The molecule has 2 rings (SSSR count). The zero-order chi connectivity index (χ0) is 14.3. The number of nitrogens with zero attached hydrogens (tertiary/aromatic N) is 3. The van der Waals surface area contributed by atoms with Crippen molar-refractivity contribution in [3.63, 3.8) is 0 Å². The van der Waals surface area contributed by atoms with Gasteiger partial charge in [0.2, 0.25) is 11.3 Å². The summed E-state index contributed by atoms with van der Waals surface area (Å²) in [6.45, 7) is 3.81. The fourth-order valence-electron chi connectivity index (χ4n) is 3.24. The van der Waals surface area contributed by atoms with E-state index in [1.165, 1.54) is 0 Å². The lowest BCUT2D eigenvalue weighted by Gasteiger charge is -2.38. The average Bonchev–Trinajstić information content (AvgIpc) is 2.62. The summed E-state index contributed by atoms with van der Waals surface area (Å²) in [4.78, 5) is 0. The van der Waals surface area contributed by atoms with E-state index in [2.05, 4.69) is 6.07 Å². The molecule has 19 heavy (non-hydrogen) atoms. The molecule has 5 nitrogen and oxygen atoms in total. The van der Waals surface area contributed by atoms with Gasteiger partial charge in [0.1, 0.15) is 0 Å². The zero-order valence-electron chi connectivity index (χ0n) is 10.9. The minimum absolute atomic E-state index is 0.241. The number of ether oxygens (including phenoxy) is 1. The third-order valence-corrected chi connectivity index (χ3v) is 4.29. The molecule has 1 aliphatic heterocycles. The van der Waals surface area contributed by atoms with Crippen LogP contribution in [0.2, 0.25) is 0 Å². The number of nitrogens with one attached hydrogen (secondary N) is 1. The molecule has 5 heteroatoms. The van der Waals surface area contributed by atoms with Crippen LogP contribution in [0.1, 0.15) is 26.7 Å². The molecule has 0 aromatic carbocycles. The van der Waals surface area contributed by atoms with Crippen molar-refractivity contribution in [1.29, 1.82) is 21.2 Å². The van der Waals surface area contributed by atoms with Crippen molar-refractivity contribution < 1.29 is 4.74 Å². The highest BCUT2D eigenvalue weighted by atomic mass is 16.5. The van der Waals surface area contributed by atoms with Crippen LogP contribution in [-0.2, 0) is 4.74 Å². The van der Waals surface area contributed by atoms with Crippen LogP contribution >= 0.6 is 0 Å². The molecular formula is C14H14N4O. The second kappa shape index (κ2) is 4.11. The van der Waals surface area contributed by atoms with E-state index < -0.39 is 16.9 Å². The second-order valence-corrected chi connectivity index (χ2v) is 4.89. The lowest BCUT2D eigenvalue weighted by atomic mass is 9.53. The Bertz CT molecular complexity index is 572. The first kappa shape index (κ1) is 13.1. The normalized spacial score (nSPS) is 34.5. The van der Waals surface area contributed by atoms with Crippen LogP contribution in [0.3, 0.4) is 0 Å². The summed E-state index contributed by atoms with van der Waals surface area (Å²) in [5.74, 6) is -0.576. The van der Waals surface area contributed by atoms with Crippen molar-refractivity contribution in [3.05, 3.63) is 11.6 Å². The Morgan fingerprint density at radius 3 is 2.32 bits per heavy atom. The Morgan fingerprint density at radius 2 is 1.89 bits per heavy atom. The Labute approximate surface area is 112 Å². The van der Waals surface area contributed by atoms with Gasteiger partial charge in [-0.1, -0.05) is 19.9 Å². The molecule has 0 radical (unpaired) electrons. The predicted molar refractivity (Wildman–Crippen MR) is 66.5 cm³/mol. The quantitative estimate of drug-likeness (QED) is 0.763. The van der Waals surface area contributed by atoms with Gasteiger partial charge in [-0.05, 0) is 18.4 Å². The topological polar surface area (TPSA) is 104 Å². The third-order valence-electron chi connectivity index (χ3n) is 4.29. The number of hydrogen-bond acceptors (Lipinski definition) is 5. The number of allylic oxidation sites excluding steroid dienone is 1. The molecule has 1 fully saturated rings. The monoisotopic (exact) mass is 254 g/mol. The summed E-state index contributed by atoms with van der Waals surface area (Å²) >= 11 is 0. The average molecular weight is 254 g/mol. The van der Waals surface area contributed by atoms with Crippen molar-refractivity contribution in [3.8, 4) is 18.2 Å². The lowest BCUT2D eigenvalue weighted by Crippen LogP contribution is -2.51. The number of fused-ring (bicyclic) bond motifs is 2. The van der Waals surface area contributed by atoms with E-state index in [4.69, 9.17) is 10.1 Å². The Kier molecular flexibility index (Phi) is 2.84. The molecule has 0 aromatic heterocycles. The minimum atomic E-state index is -1.61. The molecule has 3 unspecified atom stereocenters. The van der Waals surface area contributed by atoms with E-state index in [-0.39, 0.29) is 11.8 Å². The van der Waals surface area contributed by atoms with Gasteiger partial charge in [0.05, 0.1) is 18.2 Å². The zero-order valence-corrected chi connectivity index (χ0v) is 10.9. The summed E-state index contributed by atoms with van der Waals surface area (Å²) in [6, 6.07) is 6.04. The fraction of sp³-hybridized carbons (Fsp3) is 0.571. The van der Waals surface area contributed by atoms with E-state index in [9.17, 15) is 15.8 Å². The SMILES string of the molecule is CCC1=CC(CC)C2(C#N)C(=N)OC1C2(C#N)C#N. The van der Waals surface area contributed by atoms with E-state index in [0.29, 0.717) is 12.8 Å². The van der Waals surface area contributed by atoms with Gasteiger partial charge in [-0.3, -0.25) is 5.41 Å². The van der Waals surface area contributed by atoms with Gasteiger partial charge in [-0.15, -0.1) is 0 Å². The molecule has 2 bridgehead atoms. The predicted octanol–water partition coefficient (Wildman–Crippen LogP) is 2.28. The summed E-state index contributed by atoms with van der Waals surface area (Å²) in [7, 11) is 0. The first-order valence-corrected chi connectivity index (χ1v) is 6.27. The molecule has 3 atom stereocenters.